The number of ether oxygens (including phenoxy) is 2. The van der Waals surface area contributed by atoms with E-state index in [-0.39, 0.29) is 5.97 Å². The normalized spacial score (nSPS) is 10.8. The van der Waals surface area contributed by atoms with Crippen molar-refractivity contribution in [2.24, 2.45) is 0 Å². The number of carbonyl (C=O) groups is 1. The topological polar surface area (TPSA) is 35.5 Å². The molecule has 0 aliphatic carbocycles. The summed E-state index contributed by atoms with van der Waals surface area (Å²) in [5, 5.41) is 0. The van der Waals surface area contributed by atoms with Crippen LogP contribution in [0.25, 0.3) is 0 Å². The Bertz CT molecular complexity index is 217. The molecule has 0 aromatic rings. The molecule has 0 amide bonds. The van der Waals surface area contributed by atoms with Crippen LogP contribution in [0.2, 0.25) is 0 Å². The van der Waals surface area contributed by atoms with Gasteiger partial charge in [-0.3, -0.25) is 4.79 Å². The molecule has 0 bridgehead atoms. The zero-order valence-electron chi connectivity index (χ0n) is 14.3. The van der Waals surface area contributed by atoms with Gasteiger partial charge in [-0.1, -0.05) is 71.6 Å². The summed E-state index contributed by atoms with van der Waals surface area (Å²) in [4.78, 5) is 11.5. The Labute approximate surface area is 131 Å². The molecule has 0 radical (unpaired) electrons. The molecule has 0 atom stereocenters. The average Bonchev–Trinajstić information content (AvgIpc) is 2.49. The highest BCUT2D eigenvalue weighted by atomic mass is 16.6. The standard InChI is InChI=1S/C18H36O3/c1-3-5-7-9-10-12-14-18(19)21-17-16-20-15-13-11-8-6-4-2/h3-17H2,1-2H3. The van der Waals surface area contributed by atoms with Gasteiger partial charge in [-0.05, 0) is 12.8 Å². The lowest BCUT2D eigenvalue weighted by Gasteiger charge is -2.06. The fraction of sp³-hybridized carbons (Fsp3) is 0.944. The highest BCUT2D eigenvalue weighted by Crippen LogP contribution is 2.07. The Hall–Kier alpha value is -0.570. The van der Waals surface area contributed by atoms with E-state index in [2.05, 4.69) is 13.8 Å². The maximum atomic E-state index is 11.5. The van der Waals surface area contributed by atoms with Crippen LogP contribution in [0.4, 0.5) is 0 Å². The number of hydrogen-bond donors (Lipinski definition) is 0. The third kappa shape index (κ3) is 17.4. The van der Waals surface area contributed by atoms with E-state index in [1.54, 1.807) is 0 Å². The maximum absolute atomic E-state index is 11.5. The lowest BCUT2D eigenvalue weighted by Crippen LogP contribution is -2.10. The van der Waals surface area contributed by atoms with E-state index in [0.29, 0.717) is 19.6 Å². The molecule has 3 heteroatoms. The molecular weight excluding hydrogens is 264 g/mol. The van der Waals surface area contributed by atoms with Crippen molar-refractivity contribution in [3.05, 3.63) is 0 Å². The number of rotatable bonds is 16. The number of hydrogen-bond acceptors (Lipinski definition) is 3. The molecular formula is C18H36O3. The molecule has 0 spiro atoms. The van der Waals surface area contributed by atoms with Gasteiger partial charge in [-0.25, -0.2) is 0 Å². The molecule has 0 fully saturated rings. The molecule has 0 saturated heterocycles. The molecule has 126 valence electrons. The Kier molecular flexibility index (Phi) is 17.0. The summed E-state index contributed by atoms with van der Waals surface area (Å²) in [6.45, 7) is 6.17. The van der Waals surface area contributed by atoms with Gasteiger partial charge in [0.15, 0.2) is 0 Å². The van der Waals surface area contributed by atoms with Gasteiger partial charge >= 0.3 is 5.97 Å². The molecule has 0 aliphatic heterocycles. The smallest absolute Gasteiger partial charge is 0.305 e. The van der Waals surface area contributed by atoms with Gasteiger partial charge in [-0.15, -0.1) is 0 Å². The monoisotopic (exact) mass is 300 g/mol. The minimum absolute atomic E-state index is 0.0722. The van der Waals surface area contributed by atoms with Crippen LogP contribution in [0.5, 0.6) is 0 Å². The van der Waals surface area contributed by atoms with Crippen LogP contribution in [0.3, 0.4) is 0 Å². The van der Waals surface area contributed by atoms with Crippen molar-refractivity contribution in [1.29, 1.82) is 0 Å². The van der Waals surface area contributed by atoms with Crippen LogP contribution in [-0.2, 0) is 14.3 Å². The molecule has 0 saturated carbocycles. The SMILES string of the molecule is CCCCCCCCC(=O)OCCOCCCCCCC. The second-order valence-electron chi connectivity index (χ2n) is 5.76. The van der Waals surface area contributed by atoms with Crippen molar-refractivity contribution in [3.8, 4) is 0 Å². The summed E-state index contributed by atoms with van der Waals surface area (Å²) in [6.07, 6.45) is 14.0. The van der Waals surface area contributed by atoms with E-state index < -0.39 is 0 Å². The van der Waals surface area contributed by atoms with Gasteiger partial charge < -0.3 is 9.47 Å². The molecule has 0 aliphatic rings. The minimum atomic E-state index is -0.0722. The second kappa shape index (κ2) is 17.5. The van der Waals surface area contributed by atoms with Crippen molar-refractivity contribution in [1.82, 2.24) is 0 Å². The van der Waals surface area contributed by atoms with Crippen LogP contribution >= 0.6 is 0 Å². The zero-order valence-corrected chi connectivity index (χ0v) is 14.3. The van der Waals surface area contributed by atoms with Gasteiger partial charge in [0.1, 0.15) is 6.61 Å². The Balaban J connectivity index is 3.12. The molecule has 3 nitrogen and oxygen atoms in total. The largest absolute Gasteiger partial charge is 0.463 e. The van der Waals surface area contributed by atoms with E-state index in [0.717, 1.165) is 25.9 Å². The second-order valence-corrected chi connectivity index (χ2v) is 5.76. The van der Waals surface area contributed by atoms with Crippen molar-refractivity contribution < 1.29 is 14.3 Å². The van der Waals surface area contributed by atoms with Gasteiger partial charge in [0, 0.05) is 13.0 Å². The lowest BCUT2D eigenvalue weighted by molar-refractivity contribution is -0.145. The first-order valence-corrected chi connectivity index (χ1v) is 9.04. The fourth-order valence-corrected chi connectivity index (χ4v) is 2.25. The van der Waals surface area contributed by atoms with Gasteiger partial charge in [0.2, 0.25) is 0 Å². The molecule has 0 aromatic heterocycles. The summed E-state index contributed by atoms with van der Waals surface area (Å²) >= 11 is 0. The van der Waals surface area contributed by atoms with Crippen LogP contribution in [0.1, 0.15) is 90.9 Å². The van der Waals surface area contributed by atoms with Crippen LogP contribution in [-0.4, -0.2) is 25.8 Å². The number of unbranched alkanes of at least 4 members (excludes halogenated alkanes) is 9. The summed E-state index contributed by atoms with van der Waals surface area (Å²) in [5.41, 5.74) is 0. The number of esters is 1. The lowest BCUT2D eigenvalue weighted by atomic mass is 10.1. The van der Waals surface area contributed by atoms with Crippen LogP contribution in [0.15, 0.2) is 0 Å². The third-order valence-electron chi connectivity index (χ3n) is 3.62. The summed E-state index contributed by atoms with van der Waals surface area (Å²) in [5.74, 6) is -0.0722. The fourth-order valence-electron chi connectivity index (χ4n) is 2.25. The molecule has 0 N–H and O–H groups in total. The summed E-state index contributed by atoms with van der Waals surface area (Å²) < 4.78 is 10.6. The maximum Gasteiger partial charge on any atom is 0.305 e. The summed E-state index contributed by atoms with van der Waals surface area (Å²) in [7, 11) is 0. The third-order valence-corrected chi connectivity index (χ3v) is 3.62. The van der Waals surface area contributed by atoms with Gasteiger partial charge in [-0.2, -0.15) is 0 Å². The average molecular weight is 300 g/mol. The van der Waals surface area contributed by atoms with E-state index in [9.17, 15) is 4.79 Å². The molecule has 0 aromatic carbocycles. The van der Waals surface area contributed by atoms with E-state index in [1.807, 2.05) is 0 Å². The van der Waals surface area contributed by atoms with Gasteiger partial charge in [0.05, 0.1) is 6.61 Å². The first kappa shape index (κ1) is 20.4. The highest BCUT2D eigenvalue weighted by molar-refractivity contribution is 5.69. The first-order valence-electron chi connectivity index (χ1n) is 9.04. The Morgan fingerprint density at radius 1 is 0.667 bits per heavy atom. The summed E-state index contributed by atoms with van der Waals surface area (Å²) in [6, 6.07) is 0. The minimum Gasteiger partial charge on any atom is -0.463 e. The Morgan fingerprint density at radius 3 is 1.90 bits per heavy atom. The molecule has 0 rings (SSSR count). The van der Waals surface area contributed by atoms with Crippen molar-refractivity contribution in [3.63, 3.8) is 0 Å². The van der Waals surface area contributed by atoms with E-state index in [1.165, 1.54) is 51.4 Å². The van der Waals surface area contributed by atoms with Crippen molar-refractivity contribution in [2.45, 2.75) is 90.9 Å². The predicted molar refractivity (Wildman–Crippen MR) is 88.5 cm³/mol. The van der Waals surface area contributed by atoms with Crippen molar-refractivity contribution in [2.75, 3.05) is 19.8 Å². The van der Waals surface area contributed by atoms with Crippen LogP contribution in [0, 0.1) is 0 Å². The molecule has 0 heterocycles. The molecule has 21 heavy (non-hydrogen) atoms. The quantitative estimate of drug-likeness (QED) is 0.288. The number of carbonyl (C=O) groups excluding carboxylic acids is 1. The predicted octanol–water partition coefficient (Wildman–Crippen LogP) is 5.27. The van der Waals surface area contributed by atoms with Crippen molar-refractivity contribution >= 4 is 5.97 Å². The first-order chi connectivity index (χ1) is 10.3. The highest BCUT2D eigenvalue weighted by Gasteiger charge is 2.02. The van der Waals surface area contributed by atoms with Gasteiger partial charge in [0.25, 0.3) is 0 Å². The molecule has 0 unspecified atom stereocenters. The van der Waals surface area contributed by atoms with Crippen LogP contribution < -0.4 is 0 Å². The van der Waals surface area contributed by atoms with E-state index in [4.69, 9.17) is 9.47 Å². The zero-order chi connectivity index (χ0) is 15.6. The van der Waals surface area contributed by atoms with E-state index >= 15 is 0 Å². The Morgan fingerprint density at radius 2 is 1.24 bits per heavy atom.